The SMILES string of the molecule is O=C(Nc1cc(C(=O)O)ccc1O)OCCCl. The molecule has 0 saturated carbocycles. The number of ether oxygens (including phenoxy) is 1. The summed E-state index contributed by atoms with van der Waals surface area (Å²) in [5.41, 5.74) is -0.0973. The van der Waals surface area contributed by atoms with E-state index in [1.54, 1.807) is 0 Å². The van der Waals surface area contributed by atoms with Crippen molar-refractivity contribution in [1.82, 2.24) is 0 Å². The van der Waals surface area contributed by atoms with E-state index in [0.29, 0.717) is 0 Å². The fourth-order valence-electron chi connectivity index (χ4n) is 1.05. The molecule has 0 atom stereocenters. The van der Waals surface area contributed by atoms with Crippen molar-refractivity contribution in [3.05, 3.63) is 23.8 Å². The molecule has 0 fully saturated rings. The quantitative estimate of drug-likeness (QED) is 0.567. The Morgan fingerprint density at radius 3 is 2.71 bits per heavy atom. The molecule has 0 spiro atoms. The second kappa shape index (κ2) is 5.95. The van der Waals surface area contributed by atoms with Gasteiger partial charge in [0.15, 0.2) is 0 Å². The molecule has 0 aliphatic carbocycles. The summed E-state index contributed by atoms with van der Waals surface area (Å²) in [4.78, 5) is 21.8. The van der Waals surface area contributed by atoms with Crippen LogP contribution in [0.2, 0.25) is 0 Å². The number of amides is 1. The normalized spacial score (nSPS) is 9.71. The molecule has 0 aliphatic heterocycles. The van der Waals surface area contributed by atoms with E-state index in [0.717, 1.165) is 6.07 Å². The molecule has 0 unspecified atom stereocenters. The van der Waals surface area contributed by atoms with Crippen molar-refractivity contribution < 1.29 is 24.5 Å². The fraction of sp³-hybridized carbons (Fsp3) is 0.200. The molecule has 1 aromatic rings. The van der Waals surface area contributed by atoms with Gasteiger partial charge in [0.25, 0.3) is 0 Å². The molecule has 3 N–H and O–H groups in total. The van der Waals surface area contributed by atoms with Gasteiger partial charge in [0.2, 0.25) is 0 Å². The van der Waals surface area contributed by atoms with Crippen LogP contribution in [0.4, 0.5) is 10.5 Å². The van der Waals surface area contributed by atoms with Gasteiger partial charge in [-0.15, -0.1) is 11.6 Å². The highest BCUT2D eigenvalue weighted by Crippen LogP contribution is 2.24. The van der Waals surface area contributed by atoms with Crippen molar-refractivity contribution in [3.63, 3.8) is 0 Å². The lowest BCUT2D eigenvalue weighted by atomic mass is 10.2. The molecule has 0 radical (unpaired) electrons. The second-order valence-electron chi connectivity index (χ2n) is 2.99. The van der Waals surface area contributed by atoms with E-state index >= 15 is 0 Å². The van der Waals surface area contributed by atoms with Gasteiger partial charge in [-0.25, -0.2) is 9.59 Å². The number of hydrogen-bond acceptors (Lipinski definition) is 4. The molecule has 1 rings (SSSR count). The molecule has 0 aromatic heterocycles. The maximum Gasteiger partial charge on any atom is 0.411 e. The van der Waals surface area contributed by atoms with Gasteiger partial charge in [0.05, 0.1) is 17.1 Å². The average Bonchev–Trinajstić information content (AvgIpc) is 2.29. The van der Waals surface area contributed by atoms with E-state index in [-0.39, 0.29) is 29.5 Å². The van der Waals surface area contributed by atoms with Crippen LogP contribution in [0.25, 0.3) is 0 Å². The van der Waals surface area contributed by atoms with Gasteiger partial charge in [-0.3, -0.25) is 5.32 Å². The van der Waals surface area contributed by atoms with Crippen molar-refractivity contribution in [2.75, 3.05) is 17.8 Å². The van der Waals surface area contributed by atoms with E-state index in [1.165, 1.54) is 12.1 Å². The predicted molar refractivity (Wildman–Crippen MR) is 60.8 cm³/mol. The van der Waals surface area contributed by atoms with Crippen molar-refractivity contribution in [1.29, 1.82) is 0 Å². The Balaban J connectivity index is 2.79. The van der Waals surface area contributed by atoms with Crippen LogP contribution >= 0.6 is 11.6 Å². The number of phenolic OH excluding ortho intramolecular Hbond substituents is 1. The van der Waals surface area contributed by atoms with E-state index in [4.69, 9.17) is 16.7 Å². The van der Waals surface area contributed by atoms with Gasteiger partial charge in [0, 0.05) is 0 Å². The summed E-state index contributed by atoms with van der Waals surface area (Å²) in [5.74, 6) is -1.27. The molecule has 0 saturated heterocycles. The Labute approximate surface area is 102 Å². The first-order chi connectivity index (χ1) is 8.04. The number of carbonyl (C=O) groups excluding carboxylic acids is 1. The van der Waals surface area contributed by atoms with Gasteiger partial charge in [-0.2, -0.15) is 0 Å². The van der Waals surface area contributed by atoms with E-state index in [1.807, 2.05) is 0 Å². The summed E-state index contributed by atoms with van der Waals surface area (Å²) in [5, 5.41) is 20.3. The number of anilines is 1. The third kappa shape index (κ3) is 3.84. The van der Waals surface area contributed by atoms with Gasteiger partial charge >= 0.3 is 12.1 Å². The molecular weight excluding hydrogens is 250 g/mol. The molecule has 0 heterocycles. The molecule has 6 nitrogen and oxygen atoms in total. The Morgan fingerprint density at radius 1 is 1.41 bits per heavy atom. The highest BCUT2D eigenvalue weighted by molar-refractivity contribution is 6.18. The zero-order valence-electron chi connectivity index (χ0n) is 8.64. The number of halogens is 1. The third-order valence-electron chi connectivity index (χ3n) is 1.79. The largest absolute Gasteiger partial charge is 0.506 e. The minimum atomic E-state index is -1.16. The van der Waals surface area contributed by atoms with Gasteiger partial charge < -0.3 is 14.9 Å². The number of alkyl halides is 1. The van der Waals surface area contributed by atoms with Crippen LogP contribution in [0.3, 0.4) is 0 Å². The summed E-state index contributed by atoms with van der Waals surface area (Å²) in [6.45, 7) is 0.0206. The Hall–Kier alpha value is -1.95. The molecule has 92 valence electrons. The standard InChI is InChI=1S/C10H10ClNO5/c11-3-4-17-10(16)12-7-5-6(9(14)15)1-2-8(7)13/h1-2,5,13H,3-4H2,(H,12,16)(H,14,15). The first kappa shape index (κ1) is 13.1. The van der Waals surface area contributed by atoms with Crippen LogP contribution in [0.5, 0.6) is 5.75 Å². The number of carboxylic acids is 1. The molecule has 1 amide bonds. The zero-order valence-corrected chi connectivity index (χ0v) is 9.40. The maximum absolute atomic E-state index is 11.2. The second-order valence-corrected chi connectivity index (χ2v) is 3.36. The monoisotopic (exact) mass is 259 g/mol. The lowest BCUT2D eigenvalue weighted by Crippen LogP contribution is -2.15. The van der Waals surface area contributed by atoms with Gasteiger partial charge in [-0.05, 0) is 18.2 Å². The highest BCUT2D eigenvalue weighted by atomic mass is 35.5. The number of carbonyl (C=O) groups is 2. The topological polar surface area (TPSA) is 95.9 Å². The van der Waals surface area contributed by atoms with E-state index in [2.05, 4.69) is 10.1 Å². The van der Waals surface area contributed by atoms with Gasteiger partial charge in [-0.1, -0.05) is 0 Å². The minimum Gasteiger partial charge on any atom is -0.506 e. The number of rotatable bonds is 4. The molecule has 17 heavy (non-hydrogen) atoms. The zero-order chi connectivity index (χ0) is 12.8. The summed E-state index contributed by atoms with van der Waals surface area (Å²) < 4.78 is 4.61. The third-order valence-corrected chi connectivity index (χ3v) is 1.94. The van der Waals surface area contributed by atoms with Crippen LogP contribution in [0.15, 0.2) is 18.2 Å². The smallest absolute Gasteiger partial charge is 0.411 e. The van der Waals surface area contributed by atoms with Crippen LogP contribution in [-0.4, -0.2) is 34.8 Å². The lowest BCUT2D eigenvalue weighted by Gasteiger charge is -2.08. The molecule has 7 heteroatoms. The fourth-order valence-corrected chi connectivity index (χ4v) is 1.12. The number of carboxylic acid groups (broad SMARTS) is 1. The van der Waals surface area contributed by atoms with Crippen molar-refractivity contribution in [2.45, 2.75) is 0 Å². The van der Waals surface area contributed by atoms with Crippen LogP contribution < -0.4 is 5.32 Å². The lowest BCUT2D eigenvalue weighted by molar-refractivity contribution is 0.0697. The number of nitrogens with one attached hydrogen (secondary N) is 1. The van der Waals surface area contributed by atoms with E-state index < -0.39 is 12.1 Å². The van der Waals surface area contributed by atoms with Crippen LogP contribution in [-0.2, 0) is 4.74 Å². The highest BCUT2D eigenvalue weighted by Gasteiger charge is 2.10. The van der Waals surface area contributed by atoms with E-state index in [9.17, 15) is 14.7 Å². The summed E-state index contributed by atoms with van der Waals surface area (Å²) >= 11 is 5.31. The van der Waals surface area contributed by atoms with Crippen molar-refractivity contribution in [2.24, 2.45) is 0 Å². The molecular formula is C10H10ClNO5. The molecule has 0 aliphatic rings. The molecule has 1 aromatic carbocycles. The maximum atomic E-state index is 11.2. The van der Waals surface area contributed by atoms with Crippen molar-refractivity contribution >= 4 is 29.4 Å². The first-order valence-electron chi connectivity index (χ1n) is 4.60. The Kier molecular flexibility index (Phi) is 4.59. The van der Waals surface area contributed by atoms with Crippen molar-refractivity contribution in [3.8, 4) is 5.75 Å². The summed E-state index contributed by atoms with van der Waals surface area (Å²) in [7, 11) is 0. The predicted octanol–water partition coefficient (Wildman–Crippen LogP) is 1.88. The average molecular weight is 260 g/mol. The number of hydrogen-bond donors (Lipinski definition) is 3. The van der Waals surface area contributed by atoms with Crippen LogP contribution in [0, 0.1) is 0 Å². The Bertz CT molecular complexity index is 435. The first-order valence-corrected chi connectivity index (χ1v) is 5.14. The Morgan fingerprint density at radius 2 is 2.12 bits per heavy atom. The summed E-state index contributed by atoms with van der Waals surface area (Å²) in [6.07, 6.45) is -0.816. The number of benzene rings is 1. The number of phenols is 1. The van der Waals surface area contributed by atoms with Gasteiger partial charge in [0.1, 0.15) is 12.4 Å². The number of aromatic carboxylic acids is 1. The minimum absolute atomic E-state index is 0.0206. The molecule has 0 bridgehead atoms. The van der Waals surface area contributed by atoms with Crippen LogP contribution in [0.1, 0.15) is 10.4 Å². The number of aromatic hydroxyl groups is 1. The summed E-state index contributed by atoms with van der Waals surface area (Å²) in [6, 6.07) is 3.51.